The number of amides is 1. The SMILES string of the molecule is CCCc1nc(C(=O)N[C@H](C)c2c(C)nn(CC)c2C)cs1. The average Bonchev–Trinajstić information content (AvgIpc) is 3.04. The molecule has 0 aliphatic heterocycles. The summed E-state index contributed by atoms with van der Waals surface area (Å²) in [6.07, 6.45) is 1.97. The van der Waals surface area contributed by atoms with Gasteiger partial charge in [-0.3, -0.25) is 9.48 Å². The highest BCUT2D eigenvalue weighted by atomic mass is 32.1. The molecule has 1 atom stereocenters. The summed E-state index contributed by atoms with van der Waals surface area (Å²) in [6, 6.07) is -0.0795. The van der Waals surface area contributed by atoms with Crippen LogP contribution in [-0.2, 0) is 13.0 Å². The number of carbonyl (C=O) groups is 1. The normalized spacial score (nSPS) is 12.4. The lowest BCUT2D eigenvalue weighted by Gasteiger charge is -2.14. The van der Waals surface area contributed by atoms with E-state index in [0.29, 0.717) is 5.69 Å². The topological polar surface area (TPSA) is 59.8 Å². The van der Waals surface area contributed by atoms with E-state index >= 15 is 0 Å². The molecule has 6 heteroatoms. The molecule has 120 valence electrons. The van der Waals surface area contributed by atoms with Gasteiger partial charge in [0.2, 0.25) is 0 Å². The number of nitrogens with zero attached hydrogens (tertiary/aromatic N) is 3. The summed E-state index contributed by atoms with van der Waals surface area (Å²) in [4.78, 5) is 16.7. The van der Waals surface area contributed by atoms with Gasteiger partial charge in [0.05, 0.1) is 16.7 Å². The van der Waals surface area contributed by atoms with Crippen LogP contribution in [0.1, 0.15) is 65.7 Å². The summed E-state index contributed by atoms with van der Waals surface area (Å²) in [5.74, 6) is -0.117. The Kier molecular flexibility index (Phi) is 5.34. The van der Waals surface area contributed by atoms with Crippen LogP contribution in [0.2, 0.25) is 0 Å². The second-order valence-electron chi connectivity index (χ2n) is 5.47. The Morgan fingerprint density at radius 1 is 1.41 bits per heavy atom. The molecular formula is C16H24N4OS. The molecule has 0 aromatic carbocycles. The van der Waals surface area contributed by atoms with E-state index in [1.165, 1.54) is 0 Å². The molecule has 0 fully saturated rings. The van der Waals surface area contributed by atoms with Crippen molar-refractivity contribution in [1.82, 2.24) is 20.1 Å². The Morgan fingerprint density at radius 2 is 2.14 bits per heavy atom. The predicted octanol–water partition coefficient (Wildman–Crippen LogP) is 3.42. The maximum absolute atomic E-state index is 12.4. The fraction of sp³-hybridized carbons (Fsp3) is 0.562. The molecule has 0 radical (unpaired) electrons. The van der Waals surface area contributed by atoms with Crippen molar-refractivity contribution in [3.63, 3.8) is 0 Å². The Balaban J connectivity index is 2.12. The molecule has 0 unspecified atom stereocenters. The number of thiazole rings is 1. The number of hydrogen-bond donors (Lipinski definition) is 1. The molecular weight excluding hydrogens is 296 g/mol. The van der Waals surface area contributed by atoms with E-state index in [9.17, 15) is 4.79 Å². The Morgan fingerprint density at radius 3 is 2.73 bits per heavy atom. The minimum Gasteiger partial charge on any atom is -0.344 e. The second kappa shape index (κ2) is 7.05. The fourth-order valence-electron chi connectivity index (χ4n) is 2.73. The highest BCUT2D eigenvalue weighted by Crippen LogP contribution is 2.22. The zero-order valence-corrected chi connectivity index (χ0v) is 14.8. The first-order chi connectivity index (χ1) is 10.5. The van der Waals surface area contributed by atoms with Crippen molar-refractivity contribution in [3.05, 3.63) is 33.0 Å². The molecule has 5 nitrogen and oxygen atoms in total. The lowest BCUT2D eigenvalue weighted by atomic mass is 10.1. The van der Waals surface area contributed by atoms with Gasteiger partial charge in [0, 0.05) is 23.2 Å². The van der Waals surface area contributed by atoms with Gasteiger partial charge in [-0.25, -0.2) is 4.98 Å². The van der Waals surface area contributed by atoms with Gasteiger partial charge >= 0.3 is 0 Å². The quantitative estimate of drug-likeness (QED) is 0.887. The molecule has 1 amide bonds. The first-order valence-electron chi connectivity index (χ1n) is 7.77. The summed E-state index contributed by atoms with van der Waals surface area (Å²) in [5.41, 5.74) is 3.69. The van der Waals surface area contributed by atoms with Gasteiger partial charge in [0.15, 0.2) is 0 Å². The van der Waals surface area contributed by atoms with E-state index < -0.39 is 0 Å². The molecule has 0 spiro atoms. The number of aryl methyl sites for hydroxylation is 3. The molecule has 2 heterocycles. The van der Waals surface area contributed by atoms with Crippen LogP contribution < -0.4 is 5.32 Å². The molecule has 0 aliphatic carbocycles. The lowest BCUT2D eigenvalue weighted by molar-refractivity contribution is 0.0935. The maximum atomic E-state index is 12.4. The summed E-state index contributed by atoms with van der Waals surface area (Å²) >= 11 is 1.55. The van der Waals surface area contributed by atoms with Crippen LogP contribution in [0.25, 0.3) is 0 Å². The number of aromatic nitrogens is 3. The van der Waals surface area contributed by atoms with Crippen molar-refractivity contribution in [3.8, 4) is 0 Å². The van der Waals surface area contributed by atoms with Crippen molar-refractivity contribution in [2.24, 2.45) is 0 Å². The minimum atomic E-state index is -0.117. The van der Waals surface area contributed by atoms with Gasteiger partial charge in [-0.05, 0) is 40.5 Å². The van der Waals surface area contributed by atoms with E-state index in [0.717, 1.165) is 41.3 Å². The van der Waals surface area contributed by atoms with E-state index in [1.54, 1.807) is 11.3 Å². The third kappa shape index (κ3) is 3.38. The van der Waals surface area contributed by atoms with E-state index in [1.807, 2.05) is 30.8 Å². The largest absolute Gasteiger partial charge is 0.344 e. The zero-order chi connectivity index (χ0) is 16.3. The Labute approximate surface area is 135 Å². The first-order valence-corrected chi connectivity index (χ1v) is 8.65. The van der Waals surface area contributed by atoms with Crippen LogP contribution in [0, 0.1) is 13.8 Å². The van der Waals surface area contributed by atoms with Gasteiger partial charge in [-0.2, -0.15) is 5.10 Å². The summed E-state index contributed by atoms with van der Waals surface area (Å²) in [7, 11) is 0. The number of hydrogen-bond acceptors (Lipinski definition) is 4. The molecule has 0 bridgehead atoms. The van der Waals surface area contributed by atoms with Crippen molar-refractivity contribution < 1.29 is 4.79 Å². The summed E-state index contributed by atoms with van der Waals surface area (Å²) in [5, 5.41) is 10.4. The van der Waals surface area contributed by atoms with Gasteiger partial charge in [0.1, 0.15) is 5.69 Å². The highest BCUT2D eigenvalue weighted by Gasteiger charge is 2.20. The fourth-order valence-corrected chi connectivity index (χ4v) is 3.61. The zero-order valence-electron chi connectivity index (χ0n) is 13.9. The van der Waals surface area contributed by atoms with E-state index in [4.69, 9.17) is 0 Å². The molecule has 0 aliphatic rings. The predicted molar refractivity (Wildman–Crippen MR) is 89.4 cm³/mol. The Hall–Kier alpha value is -1.69. The van der Waals surface area contributed by atoms with Gasteiger partial charge < -0.3 is 5.32 Å². The lowest BCUT2D eigenvalue weighted by Crippen LogP contribution is -2.27. The van der Waals surface area contributed by atoms with Crippen LogP contribution in [0.4, 0.5) is 0 Å². The van der Waals surface area contributed by atoms with Gasteiger partial charge in [-0.15, -0.1) is 11.3 Å². The number of nitrogens with one attached hydrogen (secondary N) is 1. The summed E-state index contributed by atoms with van der Waals surface area (Å²) in [6.45, 7) is 11.0. The third-order valence-corrected chi connectivity index (χ3v) is 4.67. The van der Waals surface area contributed by atoms with Crippen molar-refractivity contribution in [2.45, 2.75) is 60.0 Å². The monoisotopic (exact) mass is 320 g/mol. The van der Waals surface area contributed by atoms with Gasteiger partial charge in [0.25, 0.3) is 5.91 Å². The smallest absolute Gasteiger partial charge is 0.271 e. The van der Waals surface area contributed by atoms with E-state index in [2.05, 4.69) is 29.2 Å². The molecule has 0 saturated heterocycles. The molecule has 2 aromatic rings. The number of carbonyl (C=O) groups excluding carboxylic acids is 1. The standard InChI is InChI=1S/C16H24N4OS/c1-6-8-14-18-13(9-22-14)16(21)17-10(3)15-11(4)19-20(7-2)12(15)5/h9-10H,6-8H2,1-5H3,(H,17,21)/t10-/m1/s1. The Bertz CT molecular complexity index is 659. The third-order valence-electron chi connectivity index (χ3n) is 3.77. The van der Waals surface area contributed by atoms with Crippen molar-refractivity contribution in [1.29, 1.82) is 0 Å². The molecule has 0 saturated carbocycles. The van der Waals surface area contributed by atoms with Crippen molar-refractivity contribution >= 4 is 17.2 Å². The van der Waals surface area contributed by atoms with Crippen LogP contribution in [-0.4, -0.2) is 20.7 Å². The second-order valence-corrected chi connectivity index (χ2v) is 6.41. The maximum Gasteiger partial charge on any atom is 0.271 e. The van der Waals surface area contributed by atoms with Crippen LogP contribution in [0.5, 0.6) is 0 Å². The van der Waals surface area contributed by atoms with Crippen LogP contribution in [0.15, 0.2) is 5.38 Å². The molecule has 2 rings (SSSR count). The molecule has 2 aromatic heterocycles. The summed E-state index contributed by atoms with van der Waals surface area (Å²) < 4.78 is 1.97. The first kappa shape index (κ1) is 16.7. The molecule has 22 heavy (non-hydrogen) atoms. The molecule has 1 N–H and O–H groups in total. The van der Waals surface area contributed by atoms with E-state index in [-0.39, 0.29) is 11.9 Å². The van der Waals surface area contributed by atoms with Crippen LogP contribution >= 0.6 is 11.3 Å². The van der Waals surface area contributed by atoms with Crippen molar-refractivity contribution in [2.75, 3.05) is 0 Å². The number of rotatable bonds is 6. The van der Waals surface area contributed by atoms with Gasteiger partial charge in [-0.1, -0.05) is 6.92 Å². The average molecular weight is 320 g/mol. The van der Waals surface area contributed by atoms with Crippen LogP contribution in [0.3, 0.4) is 0 Å². The highest BCUT2D eigenvalue weighted by molar-refractivity contribution is 7.09. The minimum absolute atomic E-state index is 0.0795.